The fraction of sp³-hybridized carbons (Fsp3) is 0.500. The zero-order chi connectivity index (χ0) is 12.8. The molecule has 1 aromatic rings. The molecule has 1 amide bonds. The first-order chi connectivity index (χ1) is 7.81. The molecule has 1 aliphatic rings. The quantitative estimate of drug-likeness (QED) is 0.827. The molecule has 0 atom stereocenters. The Morgan fingerprint density at radius 2 is 2.00 bits per heavy atom. The third-order valence-corrected chi connectivity index (χ3v) is 4.05. The van der Waals surface area contributed by atoms with Gasteiger partial charge in [-0.2, -0.15) is 0 Å². The van der Waals surface area contributed by atoms with Crippen molar-refractivity contribution in [3.8, 4) is 0 Å². The predicted molar refractivity (Wildman–Crippen MR) is 74.5 cm³/mol. The van der Waals surface area contributed by atoms with E-state index in [1.165, 1.54) is 11.1 Å². The van der Waals surface area contributed by atoms with Crippen LogP contribution in [0.2, 0.25) is 0 Å². The summed E-state index contributed by atoms with van der Waals surface area (Å²) in [6, 6.07) is 4.26. The Morgan fingerprint density at radius 1 is 1.35 bits per heavy atom. The fourth-order valence-electron chi connectivity index (χ4n) is 2.39. The van der Waals surface area contributed by atoms with Crippen LogP contribution in [0.4, 0.5) is 5.69 Å². The molecule has 0 aliphatic carbocycles. The van der Waals surface area contributed by atoms with Crippen molar-refractivity contribution in [1.82, 2.24) is 0 Å². The summed E-state index contributed by atoms with van der Waals surface area (Å²) in [7, 11) is 0. The summed E-state index contributed by atoms with van der Waals surface area (Å²) in [6.07, 6.45) is 0.555. The maximum absolute atomic E-state index is 11.6. The molecule has 0 radical (unpaired) electrons. The van der Waals surface area contributed by atoms with Crippen molar-refractivity contribution in [2.75, 3.05) is 5.32 Å². The topological polar surface area (TPSA) is 29.1 Å². The van der Waals surface area contributed by atoms with Gasteiger partial charge in [0.15, 0.2) is 0 Å². The van der Waals surface area contributed by atoms with E-state index in [4.69, 9.17) is 0 Å². The Kier molecular flexibility index (Phi) is 3.06. The maximum Gasteiger partial charge on any atom is 0.225 e. The lowest BCUT2D eigenvalue weighted by atomic mass is 9.77. The number of hydrogen-bond acceptors (Lipinski definition) is 1. The SMILES string of the molecule is CC(C)c1cc2c(cc1Br)NC(=O)CC2(C)C. The zero-order valence-electron chi connectivity index (χ0n) is 10.7. The Morgan fingerprint density at radius 3 is 2.59 bits per heavy atom. The third-order valence-electron chi connectivity index (χ3n) is 3.36. The Bertz CT molecular complexity index is 477. The van der Waals surface area contributed by atoms with Crippen LogP contribution in [0, 0.1) is 0 Å². The normalized spacial score (nSPS) is 17.9. The van der Waals surface area contributed by atoms with Gasteiger partial charge in [0.05, 0.1) is 0 Å². The van der Waals surface area contributed by atoms with E-state index in [0.29, 0.717) is 12.3 Å². The molecule has 1 aromatic carbocycles. The lowest BCUT2D eigenvalue weighted by Gasteiger charge is -2.33. The second-order valence-corrected chi connectivity index (χ2v) is 6.54. The van der Waals surface area contributed by atoms with Gasteiger partial charge in [0, 0.05) is 22.0 Å². The Hall–Kier alpha value is -0.830. The largest absolute Gasteiger partial charge is 0.326 e. The van der Waals surface area contributed by atoms with Crippen molar-refractivity contribution < 1.29 is 4.79 Å². The minimum Gasteiger partial charge on any atom is -0.326 e. The lowest BCUT2D eigenvalue weighted by Crippen LogP contribution is -2.32. The van der Waals surface area contributed by atoms with Gasteiger partial charge in [0.2, 0.25) is 5.91 Å². The molecule has 0 unspecified atom stereocenters. The molecule has 1 N–H and O–H groups in total. The molecule has 17 heavy (non-hydrogen) atoms. The summed E-state index contributed by atoms with van der Waals surface area (Å²) in [4.78, 5) is 11.6. The number of halogens is 1. The average molecular weight is 296 g/mol. The van der Waals surface area contributed by atoms with Gasteiger partial charge in [-0.1, -0.05) is 49.7 Å². The van der Waals surface area contributed by atoms with E-state index >= 15 is 0 Å². The predicted octanol–water partition coefficient (Wildman–Crippen LogP) is 4.19. The highest BCUT2D eigenvalue weighted by Crippen LogP contribution is 2.41. The van der Waals surface area contributed by atoms with Crippen LogP contribution in [0.15, 0.2) is 16.6 Å². The number of anilines is 1. The molecule has 2 rings (SSSR count). The van der Waals surface area contributed by atoms with Crippen molar-refractivity contribution in [2.45, 2.75) is 45.4 Å². The van der Waals surface area contributed by atoms with Gasteiger partial charge in [0.1, 0.15) is 0 Å². The summed E-state index contributed by atoms with van der Waals surface area (Å²) in [5.41, 5.74) is 3.40. The molecule has 2 nitrogen and oxygen atoms in total. The van der Waals surface area contributed by atoms with Crippen molar-refractivity contribution >= 4 is 27.5 Å². The highest BCUT2D eigenvalue weighted by Gasteiger charge is 2.32. The van der Waals surface area contributed by atoms with E-state index in [1.807, 2.05) is 6.07 Å². The summed E-state index contributed by atoms with van der Waals surface area (Å²) in [5, 5.41) is 2.95. The van der Waals surface area contributed by atoms with Crippen LogP contribution < -0.4 is 5.32 Å². The number of nitrogens with one attached hydrogen (secondary N) is 1. The highest BCUT2D eigenvalue weighted by atomic mass is 79.9. The molecular formula is C14H18BrNO. The van der Waals surface area contributed by atoms with Crippen LogP contribution in [-0.4, -0.2) is 5.91 Å². The zero-order valence-corrected chi connectivity index (χ0v) is 12.3. The minimum atomic E-state index is -0.0813. The first-order valence-corrected chi connectivity index (χ1v) is 6.74. The van der Waals surface area contributed by atoms with Gasteiger partial charge in [-0.3, -0.25) is 4.79 Å². The molecule has 0 fully saturated rings. The van der Waals surface area contributed by atoms with E-state index in [1.54, 1.807) is 0 Å². The first kappa shape index (κ1) is 12.6. The molecule has 1 aliphatic heterocycles. The van der Waals surface area contributed by atoms with Crippen LogP contribution in [0.3, 0.4) is 0 Å². The van der Waals surface area contributed by atoms with Crippen LogP contribution >= 0.6 is 15.9 Å². The van der Waals surface area contributed by atoms with E-state index in [9.17, 15) is 4.79 Å². The van der Waals surface area contributed by atoms with E-state index < -0.39 is 0 Å². The molecule has 0 bridgehead atoms. The summed E-state index contributed by atoms with van der Waals surface area (Å²) < 4.78 is 1.07. The second kappa shape index (κ2) is 4.13. The van der Waals surface area contributed by atoms with Gasteiger partial charge in [-0.25, -0.2) is 0 Å². The van der Waals surface area contributed by atoms with Gasteiger partial charge >= 0.3 is 0 Å². The molecule has 1 heterocycles. The van der Waals surface area contributed by atoms with Crippen molar-refractivity contribution in [2.24, 2.45) is 0 Å². The van der Waals surface area contributed by atoms with Crippen molar-refractivity contribution in [3.63, 3.8) is 0 Å². The Balaban J connectivity index is 2.61. The van der Waals surface area contributed by atoms with E-state index in [0.717, 1.165) is 10.2 Å². The van der Waals surface area contributed by atoms with Crippen LogP contribution in [-0.2, 0) is 10.2 Å². The lowest BCUT2D eigenvalue weighted by molar-refractivity contribution is -0.117. The number of carbonyl (C=O) groups is 1. The van der Waals surface area contributed by atoms with Crippen LogP contribution in [0.25, 0.3) is 0 Å². The molecule has 0 aromatic heterocycles. The van der Waals surface area contributed by atoms with E-state index in [-0.39, 0.29) is 11.3 Å². The molecule has 0 saturated heterocycles. The van der Waals surface area contributed by atoms with Crippen LogP contribution in [0.5, 0.6) is 0 Å². The molecule has 0 saturated carbocycles. The second-order valence-electron chi connectivity index (χ2n) is 5.68. The maximum atomic E-state index is 11.6. The summed E-state index contributed by atoms with van der Waals surface area (Å²) >= 11 is 3.58. The van der Waals surface area contributed by atoms with E-state index in [2.05, 4.69) is 55.0 Å². The fourth-order valence-corrected chi connectivity index (χ4v) is 3.19. The smallest absolute Gasteiger partial charge is 0.225 e. The van der Waals surface area contributed by atoms with Crippen LogP contribution in [0.1, 0.15) is 51.2 Å². The summed E-state index contributed by atoms with van der Waals surface area (Å²) in [6.45, 7) is 8.62. The minimum absolute atomic E-state index is 0.0813. The average Bonchev–Trinajstić information content (AvgIpc) is 2.13. The molecular weight excluding hydrogens is 278 g/mol. The van der Waals surface area contributed by atoms with Gasteiger partial charge in [-0.15, -0.1) is 0 Å². The number of amides is 1. The van der Waals surface area contributed by atoms with Gasteiger partial charge in [0.25, 0.3) is 0 Å². The summed E-state index contributed by atoms with van der Waals surface area (Å²) in [5.74, 6) is 0.579. The number of rotatable bonds is 1. The third kappa shape index (κ3) is 2.25. The molecule has 0 spiro atoms. The van der Waals surface area contributed by atoms with Crippen molar-refractivity contribution in [1.29, 1.82) is 0 Å². The number of benzene rings is 1. The number of fused-ring (bicyclic) bond motifs is 1. The highest BCUT2D eigenvalue weighted by molar-refractivity contribution is 9.10. The number of carbonyl (C=O) groups excluding carboxylic acids is 1. The molecule has 92 valence electrons. The standard InChI is InChI=1S/C14H18BrNO/c1-8(2)9-5-10-12(6-11(9)15)16-13(17)7-14(10,3)4/h5-6,8H,7H2,1-4H3,(H,16,17). The van der Waals surface area contributed by atoms with Crippen molar-refractivity contribution in [3.05, 3.63) is 27.7 Å². The molecule has 3 heteroatoms. The monoisotopic (exact) mass is 295 g/mol. The van der Waals surface area contributed by atoms with Gasteiger partial charge < -0.3 is 5.32 Å². The first-order valence-electron chi connectivity index (χ1n) is 5.95. The van der Waals surface area contributed by atoms with Gasteiger partial charge in [-0.05, 0) is 23.1 Å². The Labute approximate surface area is 111 Å². The number of hydrogen-bond donors (Lipinski definition) is 1.